The van der Waals surface area contributed by atoms with Crippen molar-refractivity contribution in [1.82, 2.24) is 0 Å². The van der Waals surface area contributed by atoms with Crippen LogP contribution in [0.3, 0.4) is 0 Å². The number of nitrogens with two attached hydrogens (primary N) is 1. The van der Waals surface area contributed by atoms with Crippen LogP contribution in [0.15, 0.2) is 12.1 Å². The van der Waals surface area contributed by atoms with Gasteiger partial charge in [-0.25, -0.2) is 0 Å². The van der Waals surface area contributed by atoms with Gasteiger partial charge in [0.15, 0.2) is 0 Å². The van der Waals surface area contributed by atoms with E-state index in [1.165, 1.54) is 11.3 Å². The molecule has 0 aliphatic rings. The number of rotatable bonds is 10. The molecule has 0 saturated carbocycles. The van der Waals surface area contributed by atoms with Crippen LogP contribution in [0.25, 0.3) is 0 Å². The molecule has 0 saturated heterocycles. The third kappa shape index (κ3) is 6.13. The zero-order valence-electron chi connectivity index (χ0n) is 10.6. The van der Waals surface area contributed by atoms with Gasteiger partial charge in [0, 0.05) is 31.7 Å². The minimum atomic E-state index is -0.0681. The predicted octanol–water partition coefficient (Wildman–Crippen LogP) is 2.47. The fourth-order valence-electron chi connectivity index (χ4n) is 1.40. The molecular formula is C12H20ClNO3S. The van der Waals surface area contributed by atoms with E-state index in [0.29, 0.717) is 33.0 Å². The maximum atomic E-state index is 5.88. The molecule has 1 aromatic rings. The van der Waals surface area contributed by atoms with Crippen molar-refractivity contribution in [2.45, 2.75) is 12.5 Å². The minimum absolute atomic E-state index is 0.0681. The Morgan fingerprint density at radius 1 is 1.28 bits per heavy atom. The highest BCUT2D eigenvalue weighted by Crippen LogP contribution is 2.28. The quantitative estimate of drug-likeness (QED) is 0.673. The number of halogens is 1. The molecular weight excluding hydrogens is 274 g/mol. The average Bonchev–Trinajstić information content (AvgIpc) is 2.79. The molecule has 0 amide bonds. The molecule has 1 aromatic heterocycles. The van der Waals surface area contributed by atoms with Crippen LogP contribution in [-0.4, -0.2) is 40.1 Å². The van der Waals surface area contributed by atoms with Crippen molar-refractivity contribution in [3.8, 4) is 0 Å². The molecule has 0 aliphatic heterocycles. The van der Waals surface area contributed by atoms with Gasteiger partial charge in [-0.2, -0.15) is 0 Å². The number of thiophene rings is 1. The van der Waals surface area contributed by atoms with Crippen LogP contribution in [0.4, 0.5) is 0 Å². The first kappa shape index (κ1) is 15.9. The lowest BCUT2D eigenvalue weighted by Gasteiger charge is -2.14. The summed E-state index contributed by atoms with van der Waals surface area (Å²) in [6, 6.07) is 3.82. The maximum Gasteiger partial charge on any atom is 0.104 e. The molecule has 104 valence electrons. The normalized spacial score (nSPS) is 12.8. The zero-order valence-corrected chi connectivity index (χ0v) is 12.1. The summed E-state index contributed by atoms with van der Waals surface area (Å²) in [5.74, 6) is 0. The summed E-state index contributed by atoms with van der Waals surface area (Å²) in [6.07, 6.45) is 0.778. The zero-order chi connectivity index (χ0) is 13.2. The number of hydrogen-bond donors (Lipinski definition) is 1. The third-order valence-corrected chi connectivity index (χ3v) is 3.63. The van der Waals surface area contributed by atoms with Crippen molar-refractivity contribution >= 4 is 22.9 Å². The Morgan fingerprint density at radius 3 is 2.72 bits per heavy atom. The Bertz CT molecular complexity index is 322. The lowest BCUT2D eigenvalue weighted by molar-refractivity contribution is 0.0274. The van der Waals surface area contributed by atoms with Gasteiger partial charge in [-0.15, -0.1) is 11.3 Å². The summed E-state index contributed by atoms with van der Waals surface area (Å²) in [6.45, 7) is 3.01. The van der Waals surface area contributed by atoms with E-state index in [1.807, 2.05) is 12.1 Å². The molecule has 0 aromatic carbocycles. The number of methoxy groups -OCH3 is 1. The Kier molecular flexibility index (Phi) is 8.58. The molecule has 1 unspecified atom stereocenters. The van der Waals surface area contributed by atoms with Crippen LogP contribution >= 0.6 is 22.9 Å². The number of ether oxygens (including phenoxy) is 3. The van der Waals surface area contributed by atoms with Crippen LogP contribution in [-0.2, 0) is 14.2 Å². The number of hydrogen-bond acceptors (Lipinski definition) is 5. The minimum Gasteiger partial charge on any atom is -0.382 e. The van der Waals surface area contributed by atoms with E-state index >= 15 is 0 Å². The Labute approximate surface area is 117 Å². The Hall–Kier alpha value is -0.170. The molecule has 18 heavy (non-hydrogen) atoms. The van der Waals surface area contributed by atoms with Gasteiger partial charge in [-0.3, -0.25) is 0 Å². The van der Waals surface area contributed by atoms with Crippen LogP contribution in [0.5, 0.6) is 0 Å². The van der Waals surface area contributed by atoms with Gasteiger partial charge in [0.1, 0.15) is 6.10 Å². The highest BCUT2D eigenvalue weighted by Gasteiger charge is 2.12. The van der Waals surface area contributed by atoms with Crippen molar-refractivity contribution in [3.63, 3.8) is 0 Å². The first-order chi connectivity index (χ1) is 8.77. The molecule has 1 heterocycles. The Morgan fingerprint density at radius 2 is 2.11 bits per heavy atom. The monoisotopic (exact) mass is 293 g/mol. The molecule has 1 rings (SSSR count). The maximum absolute atomic E-state index is 5.88. The summed E-state index contributed by atoms with van der Waals surface area (Å²) in [5.41, 5.74) is 5.69. The molecule has 0 bridgehead atoms. The van der Waals surface area contributed by atoms with Crippen molar-refractivity contribution in [2.75, 3.05) is 40.1 Å². The van der Waals surface area contributed by atoms with Crippen molar-refractivity contribution in [3.05, 3.63) is 21.3 Å². The van der Waals surface area contributed by atoms with E-state index < -0.39 is 0 Å². The SMILES string of the molecule is COCCOCCCOC(CN)c1ccc(Cl)s1. The largest absolute Gasteiger partial charge is 0.382 e. The van der Waals surface area contributed by atoms with Crippen molar-refractivity contribution in [2.24, 2.45) is 5.73 Å². The van der Waals surface area contributed by atoms with Gasteiger partial charge < -0.3 is 19.9 Å². The topological polar surface area (TPSA) is 53.7 Å². The van der Waals surface area contributed by atoms with Crippen molar-refractivity contribution in [1.29, 1.82) is 0 Å². The van der Waals surface area contributed by atoms with Gasteiger partial charge in [-0.1, -0.05) is 11.6 Å². The Balaban J connectivity index is 2.13. The van der Waals surface area contributed by atoms with Crippen LogP contribution in [0, 0.1) is 0 Å². The fourth-order valence-corrected chi connectivity index (χ4v) is 2.52. The summed E-state index contributed by atoms with van der Waals surface area (Å²) >= 11 is 7.39. The summed E-state index contributed by atoms with van der Waals surface area (Å²) in [4.78, 5) is 1.07. The van der Waals surface area contributed by atoms with Gasteiger partial charge in [-0.05, 0) is 18.6 Å². The first-order valence-corrected chi connectivity index (χ1v) is 7.11. The van der Waals surface area contributed by atoms with E-state index in [4.69, 9.17) is 31.5 Å². The molecule has 0 fully saturated rings. The molecule has 6 heteroatoms. The van der Waals surface area contributed by atoms with E-state index in [-0.39, 0.29) is 6.10 Å². The first-order valence-electron chi connectivity index (χ1n) is 5.91. The second kappa shape index (κ2) is 9.72. The third-order valence-electron chi connectivity index (χ3n) is 2.31. The molecule has 4 nitrogen and oxygen atoms in total. The van der Waals surface area contributed by atoms with E-state index in [0.717, 1.165) is 15.6 Å². The second-order valence-corrected chi connectivity index (χ2v) is 5.44. The molecule has 2 N–H and O–H groups in total. The van der Waals surface area contributed by atoms with Gasteiger partial charge >= 0.3 is 0 Å². The van der Waals surface area contributed by atoms with Gasteiger partial charge in [0.05, 0.1) is 17.6 Å². The lowest BCUT2D eigenvalue weighted by atomic mass is 10.3. The van der Waals surface area contributed by atoms with E-state index in [9.17, 15) is 0 Å². The van der Waals surface area contributed by atoms with Gasteiger partial charge in [0.25, 0.3) is 0 Å². The fraction of sp³-hybridized carbons (Fsp3) is 0.667. The van der Waals surface area contributed by atoms with E-state index in [1.54, 1.807) is 7.11 Å². The van der Waals surface area contributed by atoms with Crippen LogP contribution in [0.2, 0.25) is 4.34 Å². The van der Waals surface area contributed by atoms with Crippen LogP contribution < -0.4 is 5.73 Å². The second-order valence-electron chi connectivity index (χ2n) is 3.70. The molecule has 0 spiro atoms. The van der Waals surface area contributed by atoms with E-state index in [2.05, 4.69) is 0 Å². The molecule has 0 radical (unpaired) electrons. The summed E-state index contributed by atoms with van der Waals surface area (Å²) in [7, 11) is 1.66. The standard InChI is InChI=1S/C12H20ClNO3S/c1-15-7-8-16-5-2-6-17-10(9-14)11-3-4-12(13)18-11/h3-4,10H,2,5-9,14H2,1H3. The summed E-state index contributed by atoms with van der Waals surface area (Å²) < 4.78 is 16.7. The predicted molar refractivity (Wildman–Crippen MR) is 74.4 cm³/mol. The lowest BCUT2D eigenvalue weighted by Crippen LogP contribution is -2.16. The van der Waals surface area contributed by atoms with Gasteiger partial charge in [0.2, 0.25) is 0 Å². The summed E-state index contributed by atoms with van der Waals surface area (Å²) in [5, 5.41) is 0. The molecule has 1 atom stereocenters. The highest BCUT2D eigenvalue weighted by atomic mass is 35.5. The average molecular weight is 294 g/mol. The molecule has 0 aliphatic carbocycles. The smallest absolute Gasteiger partial charge is 0.104 e. The highest BCUT2D eigenvalue weighted by molar-refractivity contribution is 7.16. The van der Waals surface area contributed by atoms with Crippen molar-refractivity contribution < 1.29 is 14.2 Å². The van der Waals surface area contributed by atoms with Crippen LogP contribution in [0.1, 0.15) is 17.4 Å².